The van der Waals surface area contributed by atoms with E-state index >= 15 is 0 Å². The quantitative estimate of drug-likeness (QED) is 0.532. The van der Waals surface area contributed by atoms with Gasteiger partial charge in [-0.3, -0.25) is 9.59 Å². The van der Waals surface area contributed by atoms with Gasteiger partial charge in [-0.05, 0) is 28.8 Å². The van der Waals surface area contributed by atoms with Crippen LogP contribution in [-0.2, 0) is 9.63 Å². The van der Waals surface area contributed by atoms with Crippen molar-refractivity contribution >= 4 is 17.5 Å². The van der Waals surface area contributed by atoms with Crippen LogP contribution in [0.4, 0.5) is 0 Å². The summed E-state index contributed by atoms with van der Waals surface area (Å²) in [6.07, 6.45) is 0.264. The Hall–Kier alpha value is -3.97. The third kappa shape index (κ3) is 5.15. The van der Waals surface area contributed by atoms with E-state index in [2.05, 4.69) is 10.5 Å². The lowest BCUT2D eigenvalue weighted by molar-refractivity contribution is -0.125. The van der Waals surface area contributed by atoms with Gasteiger partial charge >= 0.3 is 0 Å². The Morgan fingerprint density at radius 2 is 1.62 bits per heavy atom. The number of nitrogens with zero attached hydrogens (tertiary/aromatic N) is 2. The molecule has 0 saturated carbocycles. The summed E-state index contributed by atoms with van der Waals surface area (Å²) in [6.45, 7) is -0.0588. The van der Waals surface area contributed by atoms with E-state index in [1.165, 1.54) is 12.0 Å². The van der Waals surface area contributed by atoms with Gasteiger partial charge in [0.1, 0.15) is 13.2 Å². The normalized spacial score (nSPS) is 17.4. The number of amides is 2. The van der Waals surface area contributed by atoms with E-state index in [1.807, 2.05) is 72.8 Å². The topological polar surface area (TPSA) is 91.2 Å². The number of aliphatic hydroxyl groups excluding tert-OH is 1. The molecule has 1 fully saturated rings. The van der Waals surface area contributed by atoms with Crippen molar-refractivity contribution in [2.24, 2.45) is 5.16 Å². The molecular formula is C27H27N3O4. The van der Waals surface area contributed by atoms with E-state index < -0.39 is 12.1 Å². The summed E-state index contributed by atoms with van der Waals surface area (Å²) in [6, 6.07) is 25.2. The second kappa shape index (κ2) is 10.8. The smallest absolute Gasteiger partial charge is 0.254 e. The molecule has 3 aromatic rings. The monoisotopic (exact) mass is 457 g/mol. The highest BCUT2D eigenvalue weighted by molar-refractivity contribution is 6.05. The maximum atomic E-state index is 13.4. The average Bonchev–Trinajstić information content (AvgIpc) is 3.32. The summed E-state index contributed by atoms with van der Waals surface area (Å²) < 4.78 is 0. The highest BCUT2D eigenvalue weighted by Crippen LogP contribution is 2.24. The minimum absolute atomic E-state index is 0.195. The summed E-state index contributed by atoms with van der Waals surface area (Å²) in [7, 11) is 1.44. The molecule has 2 N–H and O–H groups in total. The zero-order valence-electron chi connectivity index (χ0n) is 18.9. The maximum absolute atomic E-state index is 13.4. The molecule has 0 aliphatic carbocycles. The summed E-state index contributed by atoms with van der Waals surface area (Å²) >= 11 is 0. The zero-order valence-corrected chi connectivity index (χ0v) is 18.9. The van der Waals surface area contributed by atoms with Gasteiger partial charge in [-0.25, -0.2) is 0 Å². The Morgan fingerprint density at radius 3 is 2.24 bits per heavy atom. The molecule has 0 aromatic heterocycles. The number of benzene rings is 3. The number of oxime groups is 1. The van der Waals surface area contributed by atoms with Gasteiger partial charge in [0.2, 0.25) is 5.91 Å². The van der Waals surface area contributed by atoms with Crippen molar-refractivity contribution in [1.82, 2.24) is 10.2 Å². The van der Waals surface area contributed by atoms with Crippen LogP contribution in [0.5, 0.6) is 0 Å². The SMILES string of the molecule is CON=C1C[C@@H](C(=O)NC(CO)c2ccccc2)N(C(=O)c2ccc(-c3ccccc3)cc2)C1. The van der Waals surface area contributed by atoms with Crippen LogP contribution in [0, 0.1) is 0 Å². The fourth-order valence-electron chi connectivity index (χ4n) is 4.14. The van der Waals surface area contributed by atoms with Crippen LogP contribution in [0.2, 0.25) is 0 Å². The van der Waals surface area contributed by atoms with E-state index in [1.54, 1.807) is 12.1 Å². The number of aliphatic hydroxyl groups is 1. The number of carbonyl (C=O) groups is 2. The van der Waals surface area contributed by atoms with Crippen molar-refractivity contribution in [2.45, 2.75) is 18.5 Å². The molecule has 3 aromatic carbocycles. The van der Waals surface area contributed by atoms with Crippen LogP contribution < -0.4 is 5.32 Å². The highest BCUT2D eigenvalue weighted by atomic mass is 16.6. The van der Waals surface area contributed by atoms with Crippen LogP contribution >= 0.6 is 0 Å². The lowest BCUT2D eigenvalue weighted by atomic mass is 10.0. The van der Waals surface area contributed by atoms with Crippen molar-refractivity contribution in [3.8, 4) is 11.1 Å². The molecule has 1 unspecified atom stereocenters. The number of hydrogen-bond donors (Lipinski definition) is 2. The Labute approximate surface area is 198 Å². The van der Waals surface area contributed by atoms with Gasteiger partial charge in [-0.1, -0.05) is 78.0 Å². The van der Waals surface area contributed by atoms with Crippen LogP contribution in [0.15, 0.2) is 90.1 Å². The van der Waals surface area contributed by atoms with Gasteiger partial charge in [0.05, 0.1) is 24.9 Å². The highest BCUT2D eigenvalue weighted by Gasteiger charge is 2.39. The predicted molar refractivity (Wildman–Crippen MR) is 130 cm³/mol. The van der Waals surface area contributed by atoms with E-state index in [9.17, 15) is 14.7 Å². The van der Waals surface area contributed by atoms with Gasteiger partial charge < -0.3 is 20.2 Å². The van der Waals surface area contributed by atoms with Gasteiger partial charge in [-0.15, -0.1) is 0 Å². The number of likely N-dealkylation sites (tertiary alicyclic amines) is 1. The molecule has 0 radical (unpaired) electrons. The first-order valence-electron chi connectivity index (χ1n) is 11.1. The molecule has 7 heteroatoms. The summed E-state index contributed by atoms with van der Waals surface area (Å²) in [4.78, 5) is 33.0. The van der Waals surface area contributed by atoms with E-state index in [-0.39, 0.29) is 31.4 Å². The first-order valence-corrected chi connectivity index (χ1v) is 11.1. The zero-order chi connectivity index (χ0) is 23.9. The van der Waals surface area contributed by atoms with Crippen LogP contribution in [0.1, 0.15) is 28.4 Å². The molecule has 1 aliphatic rings. The van der Waals surface area contributed by atoms with Crippen molar-refractivity contribution < 1.29 is 19.5 Å². The van der Waals surface area contributed by atoms with Gasteiger partial charge in [-0.2, -0.15) is 0 Å². The van der Waals surface area contributed by atoms with Crippen molar-refractivity contribution in [2.75, 3.05) is 20.3 Å². The van der Waals surface area contributed by atoms with Crippen LogP contribution in [0.25, 0.3) is 11.1 Å². The Bertz CT molecular complexity index is 1150. The average molecular weight is 458 g/mol. The van der Waals surface area contributed by atoms with E-state index in [4.69, 9.17) is 4.84 Å². The van der Waals surface area contributed by atoms with E-state index in [0.717, 1.165) is 16.7 Å². The van der Waals surface area contributed by atoms with Crippen LogP contribution in [-0.4, -0.2) is 53.8 Å². The van der Waals surface area contributed by atoms with Crippen molar-refractivity contribution in [3.05, 3.63) is 96.1 Å². The summed E-state index contributed by atoms with van der Waals surface area (Å²) in [5.41, 5.74) is 3.94. The standard InChI is InChI=1S/C27H27N3O4/c1-34-29-23-16-25(26(32)28-24(18-31)21-10-6-3-7-11-21)30(17-23)27(33)22-14-12-20(13-15-22)19-8-4-2-5-9-19/h2-15,24-25,31H,16-18H2,1H3,(H,28,32)/t24?,25-/m0/s1. The molecular weight excluding hydrogens is 430 g/mol. The fourth-order valence-corrected chi connectivity index (χ4v) is 4.14. The van der Waals surface area contributed by atoms with Crippen molar-refractivity contribution in [3.63, 3.8) is 0 Å². The third-order valence-corrected chi connectivity index (χ3v) is 5.88. The molecule has 1 heterocycles. The number of nitrogens with one attached hydrogen (secondary N) is 1. The van der Waals surface area contributed by atoms with E-state index in [0.29, 0.717) is 11.3 Å². The summed E-state index contributed by atoms with van der Waals surface area (Å²) in [5, 5.41) is 16.7. The first kappa shape index (κ1) is 23.2. The fraction of sp³-hybridized carbons (Fsp3) is 0.222. The first-order chi connectivity index (χ1) is 16.6. The molecule has 174 valence electrons. The van der Waals surface area contributed by atoms with Gasteiger partial charge in [0.25, 0.3) is 5.91 Å². The lowest BCUT2D eigenvalue weighted by Crippen LogP contribution is -2.47. The number of hydrogen-bond acceptors (Lipinski definition) is 5. The maximum Gasteiger partial charge on any atom is 0.254 e. The second-order valence-electron chi connectivity index (χ2n) is 8.09. The minimum atomic E-state index is -0.757. The Kier molecular flexibility index (Phi) is 7.34. The second-order valence-corrected chi connectivity index (χ2v) is 8.09. The third-order valence-electron chi connectivity index (χ3n) is 5.88. The predicted octanol–water partition coefficient (Wildman–Crippen LogP) is 3.42. The van der Waals surface area contributed by atoms with Gasteiger partial charge in [0, 0.05) is 12.0 Å². The molecule has 1 aliphatic heterocycles. The molecule has 2 atom stereocenters. The molecule has 4 rings (SSSR count). The number of carbonyl (C=O) groups excluding carboxylic acids is 2. The Morgan fingerprint density at radius 1 is 1.00 bits per heavy atom. The van der Waals surface area contributed by atoms with Gasteiger partial charge in [0.15, 0.2) is 0 Å². The minimum Gasteiger partial charge on any atom is -0.399 e. The van der Waals surface area contributed by atoms with Crippen molar-refractivity contribution in [1.29, 1.82) is 0 Å². The molecule has 7 nitrogen and oxygen atoms in total. The molecule has 0 bridgehead atoms. The molecule has 0 spiro atoms. The Balaban J connectivity index is 1.54. The molecule has 34 heavy (non-hydrogen) atoms. The van der Waals surface area contributed by atoms with Crippen LogP contribution in [0.3, 0.4) is 0 Å². The summed E-state index contributed by atoms with van der Waals surface area (Å²) in [5.74, 6) is -0.611. The number of rotatable bonds is 7. The molecule has 2 amide bonds. The molecule has 1 saturated heterocycles. The largest absolute Gasteiger partial charge is 0.399 e. The lowest BCUT2D eigenvalue weighted by Gasteiger charge is -2.26.